The van der Waals surface area contributed by atoms with E-state index in [1.165, 1.54) is 6.07 Å². The fourth-order valence-corrected chi connectivity index (χ4v) is 7.68. The van der Waals surface area contributed by atoms with E-state index in [1.807, 2.05) is 11.0 Å². The molecule has 4 N–H and O–H groups in total. The summed E-state index contributed by atoms with van der Waals surface area (Å²) in [4.78, 5) is 6.33. The number of halogens is 1. The molecule has 3 aromatic rings. The van der Waals surface area contributed by atoms with Gasteiger partial charge in [-0.15, -0.1) is 11.3 Å². The van der Waals surface area contributed by atoms with Gasteiger partial charge in [-0.1, -0.05) is 30.3 Å². The zero-order valence-electron chi connectivity index (χ0n) is 19.9. The molecule has 2 unspecified atom stereocenters. The Bertz CT molecular complexity index is 1430. The van der Waals surface area contributed by atoms with Gasteiger partial charge in [0, 0.05) is 37.8 Å². The molecule has 2 aromatic carbocycles. The van der Waals surface area contributed by atoms with Crippen LogP contribution in [0.15, 0.2) is 42.5 Å². The highest BCUT2D eigenvalue weighted by molar-refractivity contribution is 7.91. The summed E-state index contributed by atoms with van der Waals surface area (Å²) in [5.74, 6) is -1.25. The topological polar surface area (TPSA) is 152 Å². The van der Waals surface area contributed by atoms with Gasteiger partial charge in [0.25, 0.3) is 0 Å². The molecule has 37 heavy (non-hydrogen) atoms. The quantitative estimate of drug-likeness (QED) is 0.287. The second kappa shape index (κ2) is 11.8. The van der Waals surface area contributed by atoms with E-state index in [9.17, 15) is 26.3 Å². The monoisotopic (exact) mass is 572 g/mol. The zero-order valence-corrected chi connectivity index (χ0v) is 22.4. The first-order valence-corrected chi connectivity index (χ1v) is 15.9. The molecule has 10 nitrogen and oxygen atoms in total. The largest absolute Gasteiger partial charge is 0.379 e. The van der Waals surface area contributed by atoms with Crippen LogP contribution in [0.4, 0.5) is 4.39 Å². The van der Waals surface area contributed by atoms with E-state index in [0.717, 1.165) is 11.3 Å². The molecule has 0 amide bonds. The van der Waals surface area contributed by atoms with Gasteiger partial charge in [-0.25, -0.2) is 31.3 Å². The lowest BCUT2D eigenvalue weighted by Gasteiger charge is -2.28. The Morgan fingerprint density at radius 1 is 1.14 bits per heavy atom. The number of thiazole rings is 1. The average molecular weight is 573 g/mol. The van der Waals surface area contributed by atoms with E-state index in [0.29, 0.717) is 42.1 Å². The van der Waals surface area contributed by atoms with Crippen LogP contribution in [0.2, 0.25) is 0 Å². The number of aliphatic hydroxyl groups is 1. The Balaban J connectivity index is 1.65. The summed E-state index contributed by atoms with van der Waals surface area (Å²) in [6.07, 6.45) is -1.66. The number of sulfone groups is 1. The highest BCUT2D eigenvalue weighted by Crippen LogP contribution is 2.36. The van der Waals surface area contributed by atoms with Crippen LogP contribution in [0.3, 0.4) is 0 Å². The number of rotatable bonds is 11. The van der Waals surface area contributed by atoms with Crippen LogP contribution in [0.1, 0.15) is 10.3 Å². The number of hydrogen-bond donors (Lipinski definition) is 3. The van der Waals surface area contributed by atoms with Crippen molar-refractivity contribution < 1.29 is 31.1 Å². The van der Waals surface area contributed by atoms with Crippen molar-refractivity contribution in [2.45, 2.75) is 11.5 Å². The van der Waals surface area contributed by atoms with Crippen molar-refractivity contribution in [2.24, 2.45) is 5.14 Å². The molecular formula is C23H29FN4O6S3. The van der Waals surface area contributed by atoms with Crippen molar-refractivity contribution >= 4 is 41.4 Å². The Hall–Kier alpha value is -2.04. The number of fused-ring (bicyclic) bond motifs is 1. The van der Waals surface area contributed by atoms with Gasteiger partial charge < -0.3 is 9.84 Å². The van der Waals surface area contributed by atoms with Crippen LogP contribution in [-0.2, 0) is 24.6 Å². The third-order valence-corrected chi connectivity index (χ3v) is 10.1. The Morgan fingerprint density at radius 3 is 2.51 bits per heavy atom. The van der Waals surface area contributed by atoms with Crippen molar-refractivity contribution in [1.82, 2.24) is 15.2 Å². The van der Waals surface area contributed by atoms with Crippen LogP contribution < -0.4 is 10.5 Å². The predicted octanol–water partition coefficient (Wildman–Crippen LogP) is 1.09. The van der Waals surface area contributed by atoms with Gasteiger partial charge in [0.05, 0.1) is 34.9 Å². The Morgan fingerprint density at radius 2 is 1.84 bits per heavy atom. The van der Waals surface area contributed by atoms with Gasteiger partial charge in [-0.2, -0.15) is 0 Å². The minimum absolute atomic E-state index is 0.0807. The average Bonchev–Trinajstić information content (AvgIpc) is 3.24. The summed E-state index contributed by atoms with van der Waals surface area (Å²) in [6.45, 7) is 2.19. The van der Waals surface area contributed by atoms with Crippen molar-refractivity contribution in [1.29, 1.82) is 0 Å². The van der Waals surface area contributed by atoms with Crippen LogP contribution in [0, 0.1) is 5.82 Å². The van der Waals surface area contributed by atoms with E-state index in [-0.39, 0.29) is 29.4 Å². The number of morpholine rings is 1. The normalized spacial score (nSPS) is 17.2. The lowest BCUT2D eigenvalue weighted by atomic mass is 10.1. The van der Waals surface area contributed by atoms with E-state index < -0.39 is 42.9 Å². The molecular weight excluding hydrogens is 543 g/mol. The number of primary sulfonamides is 1. The van der Waals surface area contributed by atoms with Crippen LogP contribution in [-0.4, -0.2) is 89.0 Å². The molecule has 1 aliphatic heterocycles. The summed E-state index contributed by atoms with van der Waals surface area (Å²) in [7, 11) is -7.80. The molecule has 0 saturated carbocycles. The summed E-state index contributed by atoms with van der Waals surface area (Å²) >= 11 is 1.05. The number of aliphatic hydroxyl groups excluding tert-OH is 1. The number of hydrogen-bond acceptors (Lipinski definition) is 10. The predicted molar refractivity (Wildman–Crippen MR) is 141 cm³/mol. The van der Waals surface area contributed by atoms with E-state index in [4.69, 9.17) is 9.88 Å². The molecule has 0 radical (unpaired) electrons. The maximum atomic E-state index is 14.9. The molecule has 1 aliphatic rings. The van der Waals surface area contributed by atoms with Crippen LogP contribution >= 0.6 is 11.3 Å². The molecule has 0 aliphatic carbocycles. The van der Waals surface area contributed by atoms with Crippen molar-refractivity contribution in [3.8, 4) is 11.1 Å². The molecule has 2 heterocycles. The smallest absolute Gasteiger partial charge is 0.210 e. The lowest BCUT2D eigenvalue weighted by Crippen LogP contribution is -2.44. The van der Waals surface area contributed by atoms with Gasteiger partial charge in [-0.05, 0) is 11.6 Å². The number of benzene rings is 2. The maximum Gasteiger partial charge on any atom is 0.210 e. The molecule has 1 saturated heterocycles. The number of ether oxygens (including phenoxy) is 1. The fourth-order valence-electron chi connectivity index (χ4n) is 4.08. The van der Waals surface area contributed by atoms with Gasteiger partial charge in [0.2, 0.25) is 10.0 Å². The molecule has 1 aromatic heterocycles. The van der Waals surface area contributed by atoms with Gasteiger partial charge in [-0.3, -0.25) is 10.2 Å². The number of aromatic nitrogens is 1. The number of nitrogens with two attached hydrogens (primary N) is 1. The van der Waals surface area contributed by atoms with E-state index in [2.05, 4.69) is 10.3 Å². The van der Waals surface area contributed by atoms with Crippen molar-refractivity contribution in [2.75, 3.05) is 50.9 Å². The molecule has 4 rings (SSSR count). The molecule has 0 spiro atoms. The van der Waals surface area contributed by atoms with Gasteiger partial charge in [0.1, 0.15) is 17.1 Å². The van der Waals surface area contributed by atoms with Crippen molar-refractivity contribution in [3.05, 3.63) is 53.3 Å². The first-order chi connectivity index (χ1) is 17.5. The number of nitrogens with zero attached hydrogens (tertiary/aromatic N) is 2. The third kappa shape index (κ3) is 7.29. The highest BCUT2D eigenvalue weighted by atomic mass is 32.2. The Kier molecular flexibility index (Phi) is 8.91. The van der Waals surface area contributed by atoms with Crippen LogP contribution in [0.5, 0.6) is 0 Å². The number of sulfonamides is 1. The first-order valence-electron chi connectivity index (χ1n) is 11.6. The standard InChI is InChI=1S/C23H29FN4O6S3/c24-18-15-19-20(14-17(18)16-4-2-1-3-5-16)35-23(27-19)21(22(29)26-6-12-37(25,32)33)36(30,31)13-9-28-7-10-34-11-8-28/h1-5,14-15,21-22,26,29H,6-13H2,(H2,25,32,33). The molecule has 0 bridgehead atoms. The zero-order chi connectivity index (χ0) is 26.6. The maximum absolute atomic E-state index is 14.9. The molecule has 14 heteroatoms. The van der Waals surface area contributed by atoms with E-state index in [1.54, 1.807) is 30.3 Å². The number of nitrogens with one attached hydrogen (secondary N) is 1. The van der Waals surface area contributed by atoms with Crippen LogP contribution in [0.25, 0.3) is 21.3 Å². The molecule has 1 fully saturated rings. The summed E-state index contributed by atoms with van der Waals surface area (Å²) in [5.41, 5.74) is 1.28. The first kappa shape index (κ1) is 28.0. The SMILES string of the molecule is NS(=O)(=O)CCNC(O)C(c1nc2cc(F)c(-c3ccccc3)cc2s1)S(=O)(=O)CCN1CCOCC1. The fraction of sp³-hybridized carbons (Fsp3) is 0.435. The van der Waals surface area contributed by atoms with Crippen molar-refractivity contribution in [3.63, 3.8) is 0 Å². The summed E-state index contributed by atoms with van der Waals surface area (Å²) < 4.78 is 70.4. The lowest BCUT2D eigenvalue weighted by molar-refractivity contribution is 0.0407. The second-order valence-electron chi connectivity index (χ2n) is 8.73. The second-order valence-corrected chi connectivity index (χ2v) is 13.8. The van der Waals surface area contributed by atoms with E-state index >= 15 is 0 Å². The molecule has 202 valence electrons. The molecule has 2 atom stereocenters. The summed E-state index contributed by atoms with van der Waals surface area (Å²) in [5, 5.41) is 17.0. The minimum atomic E-state index is -3.98. The van der Waals surface area contributed by atoms with Gasteiger partial charge in [0.15, 0.2) is 15.1 Å². The highest BCUT2D eigenvalue weighted by Gasteiger charge is 2.37. The summed E-state index contributed by atoms with van der Waals surface area (Å²) in [6, 6.07) is 11.8. The third-order valence-electron chi connectivity index (χ3n) is 6.03. The minimum Gasteiger partial charge on any atom is -0.379 e. The Labute approximate surface area is 219 Å². The van der Waals surface area contributed by atoms with Gasteiger partial charge >= 0.3 is 0 Å².